The molecular weight excluding hydrogens is 280 g/mol. The highest BCUT2D eigenvalue weighted by Gasteiger charge is 2.15. The van der Waals surface area contributed by atoms with Crippen molar-refractivity contribution in [1.29, 1.82) is 0 Å². The van der Waals surface area contributed by atoms with Gasteiger partial charge in [-0.3, -0.25) is 0 Å². The van der Waals surface area contributed by atoms with Crippen LogP contribution in [-0.2, 0) is 14.8 Å². The summed E-state index contributed by atoms with van der Waals surface area (Å²) >= 11 is 0. The fourth-order valence-electron chi connectivity index (χ4n) is 1.64. The van der Waals surface area contributed by atoms with E-state index in [0.29, 0.717) is 18.7 Å². The van der Waals surface area contributed by atoms with E-state index in [1.54, 1.807) is 6.07 Å². The van der Waals surface area contributed by atoms with Gasteiger partial charge in [0.05, 0.1) is 18.1 Å². The number of hydrogen-bond donors (Lipinski definition) is 3. The molecule has 0 aliphatic heterocycles. The molecule has 1 aromatic rings. The van der Waals surface area contributed by atoms with E-state index in [1.807, 2.05) is 13.8 Å². The Hall–Kier alpha value is -1.15. The van der Waals surface area contributed by atoms with Gasteiger partial charge in [-0.2, -0.15) is 0 Å². The lowest BCUT2D eigenvalue weighted by atomic mass is 10.1. The van der Waals surface area contributed by atoms with Crippen LogP contribution in [0.2, 0.25) is 0 Å². The Morgan fingerprint density at radius 3 is 2.60 bits per heavy atom. The van der Waals surface area contributed by atoms with Crippen molar-refractivity contribution >= 4 is 15.7 Å². The van der Waals surface area contributed by atoms with Crippen molar-refractivity contribution < 1.29 is 18.3 Å². The minimum absolute atomic E-state index is 0.0341. The first-order valence-electron chi connectivity index (χ1n) is 6.43. The van der Waals surface area contributed by atoms with E-state index in [1.165, 1.54) is 6.07 Å². The number of anilines is 1. The second kappa shape index (κ2) is 7.58. The Morgan fingerprint density at radius 1 is 1.30 bits per heavy atom. The second-order valence-electron chi connectivity index (χ2n) is 4.54. The minimum Gasteiger partial charge on any atom is -0.398 e. The van der Waals surface area contributed by atoms with E-state index in [-0.39, 0.29) is 24.7 Å². The number of ether oxygens (including phenoxy) is 1. The summed E-state index contributed by atoms with van der Waals surface area (Å²) in [5.41, 5.74) is 8.00. The molecule has 0 spiro atoms. The number of hydrogen-bond acceptors (Lipinski definition) is 5. The van der Waals surface area contributed by atoms with Crippen LogP contribution in [0.25, 0.3) is 0 Å². The van der Waals surface area contributed by atoms with Crippen molar-refractivity contribution in [2.45, 2.75) is 25.2 Å². The molecule has 1 rings (SSSR count). The summed E-state index contributed by atoms with van der Waals surface area (Å²) in [4.78, 5) is 0.175. The molecule has 0 fully saturated rings. The molecule has 0 aliphatic carbocycles. The molecule has 0 amide bonds. The van der Waals surface area contributed by atoms with E-state index >= 15 is 0 Å². The molecule has 20 heavy (non-hydrogen) atoms. The van der Waals surface area contributed by atoms with Gasteiger partial charge in [-0.15, -0.1) is 0 Å². The second-order valence-corrected chi connectivity index (χ2v) is 6.31. The van der Waals surface area contributed by atoms with E-state index in [9.17, 15) is 8.42 Å². The monoisotopic (exact) mass is 302 g/mol. The fourth-order valence-corrected chi connectivity index (χ4v) is 2.83. The first kappa shape index (κ1) is 16.9. The number of nitrogens with two attached hydrogens (primary N) is 1. The highest BCUT2D eigenvalue weighted by atomic mass is 32.2. The molecule has 6 nitrogen and oxygen atoms in total. The fraction of sp³-hybridized carbons (Fsp3) is 0.538. The standard InChI is InChI=1S/C13H22N2O4S/c1-10-8-12(9-13(14)11(10)2)20(17,18)15-4-3-6-19-7-5-16/h8-9,15-16H,3-7,14H2,1-2H3. The van der Waals surface area contributed by atoms with Crippen LogP contribution in [0.5, 0.6) is 0 Å². The van der Waals surface area contributed by atoms with Gasteiger partial charge in [0.2, 0.25) is 10.0 Å². The van der Waals surface area contributed by atoms with E-state index in [2.05, 4.69) is 4.72 Å². The van der Waals surface area contributed by atoms with Gasteiger partial charge in [0.1, 0.15) is 0 Å². The van der Waals surface area contributed by atoms with Gasteiger partial charge in [0.15, 0.2) is 0 Å². The van der Waals surface area contributed by atoms with Crippen molar-refractivity contribution in [2.75, 3.05) is 32.1 Å². The minimum atomic E-state index is -3.55. The van der Waals surface area contributed by atoms with Gasteiger partial charge in [-0.25, -0.2) is 13.1 Å². The quantitative estimate of drug-likeness (QED) is 0.481. The lowest BCUT2D eigenvalue weighted by molar-refractivity contribution is 0.0913. The molecule has 0 saturated carbocycles. The smallest absolute Gasteiger partial charge is 0.240 e. The first-order chi connectivity index (χ1) is 9.38. The van der Waals surface area contributed by atoms with Crippen LogP contribution in [0.4, 0.5) is 5.69 Å². The molecule has 0 saturated heterocycles. The average Bonchev–Trinajstić information content (AvgIpc) is 2.39. The molecule has 0 radical (unpaired) electrons. The van der Waals surface area contributed by atoms with Gasteiger partial charge >= 0.3 is 0 Å². The summed E-state index contributed by atoms with van der Waals surface area (Å²) in [5, 5.41) is 8.53. The van der Waals surface area contributed by atoms with Crippen molar-refractivity contribution in [2.24, 2.45) is 0 Å². The van der Waals surface area contributed by atoms with E-state index in [4.69, 9.17) is 15.6 Å². The average molecular weight is 302 g/mol. The lowest BCUT2D eigenvalue weighted by Crippen LogP contribution is -2.26. The molecule has 0 aliphatic rings. The number of aliphatic hydroxyl groups excluding tert-OH is 1. The number of nitrogens with one attached hydrogen (secondary N) is 1. The maximum absolute atomic E-state index is 12.1. The van der Waals surface area contributed by atoms with Crippen LogP contribution in [0, 0.1) is 13.8 Å². The summed E-state index contributed by atoms with van der Waals surface area (Å²) in [6.07, 6.45) is 0.541. The zero-order valence-corrected chi connectivity index (χ0v) is 12.7. The van der Waals surface area contributed by atoms with Gasteiger partial charge < -0.3 is 15.6 Å². The molecule has 0 heterocycles. The molecule has 114 valence electrons. The van der Waals surface area contributed by atoms with Crippen LogP contribution >= 0.6 is 0 Å². The Morgan fingerprint density at radius 2 is 2.00 bits per heavy atom. The molecule has 4 N–H and O–H groups in total. The van der Waals surface area contributed by atoms with Gasteiger partial charge in [0.25, 0.3) is 0 Å². The molecule has 7 heteroatoms. The zero-order valence-electron chi connectivity index (χ0n) is 11.8. The highest BCUT2D eigenvalue weighted by Crippen LogP contribution is 2.21. The topological polar surface area (TPSA) is 102 Å². The lowest BCUT2D eigenvalue weighted by Gasteiger charge is -2.11. The molecule has 0 atom stereocenters. The number of rotatable bonds is 8. The third-order valence-corrected chi connectivity index (χ3v) is 4.42. The Balaban J connectivity index is 2.61. The van der Waals surface area contributed by atoms with Crippen LogP contribution < -0.4 is 10.5 Å². The molecule has 0 unspecified atom stereocenters. The van der Waals surface area contributed by atoms with Crippen molar-refractivity contribution in [3.05, 3.63) is 23.3 Å². The first-order valence-corrected chi connectivity index (χ1v) is 7.92. The number of benzene rings is 1. The summed E-state index contributed by atoms with van der Waals surface area (Å²) < 4.78 is 31.7. The van der Waals surface area contributed by atoms with Crippen molar-refractivity contribution in [3.8, 4) is 0 Å². The summed E-state index contributed by atoms with van der Waals surface area (Å²) in [6, 6.07) is 3.07. The van der Waals surface area contributed by atoms with Gasteiger partial charge in [-0.05, 0) is 43.5 Å². The summed E-state index contributed by atoms with van der Waals surface area (Å²) in [5.74, 6) is 0. The van der Waals surface area contributed by atoms with Crippen LogP contribution in [0.15, 0.2) is 17.0 Å². The maximum atomic E-state index is 12.1. The molecule has 0 aromatic heterocycles. The Kier molecular flexibility index (Phi) is 6.41. The van der Waals surface area contributed by atoms with Crippen molar-refractivity contribution in [3.63, 3.8) is 0 Å². The third kappa shape index (κ3) is 4.75. The largest absolute Gasteiger partial charge is 0.398 e. The maximum Gasteiger partial charge on any atom is 0.240 e. The Bertz CT molecular complexity index is 520. The van der Waals surface area contributed by atoms with Crippen LogP contribution in [-0.4, -0.2) is 39.9 Å². The molecular formula is C13H22N2O4S. The SMILES string of the molecule is Cc1cc(S(=O)(=O)NCCCOCCO)cc(N)c1C. The van der Waals surface area contributed by atoms with E-state index in [0.717, 1.165) is 11.1 Å². The summed E-state index contributed by atoms with van der Waals surface area (Å²) in [6.45, 7) is 4.59. The van der Waals surface area contributed by atoms with Crippen LogP contribution in [0.1, 0.15) is 17.5 Å². The van der Waals surface area contributed by atoms with Gasteiger partial charge in [0, 0.05) is 18.8 Å². The highest BCUT2D eigenvalue weighted by molar-refractivity contribution is 7.89. The zero-order chi connectivity index (χ0) is 15.2. The molecule has 1 aromatic carbocycles. The predicted molar refractivity (Wildman–Crippen MR) is 78.0 cm³/mol. The van der Waals surface area contributed by atoms with E-state index < -0.39 is 10.0 Å². The number of aryl methyl sites for hydroxylation is 1. The normalized spacial score (nSPS) is 11.8. The Labute approximate surface area is 120 Å². The number of nitrogen functional groups attached to an aromatic ring is 1. The van der Waals surface area contributed by atoms with Gasteiger partial charge in [-0.1, -0.05) is 0 Å². The number of sulfonamides is 1. The molecule has 0 bridgehead atoms. The third-order valence-electron chi connectivity index (χ3n) is 2.98. The van der Waals surface area contributed by atoms with Crippen LogP contribution in [0.3, 0.4) is 0 Å². The summed E-state index contributed by atoms with van der Waals surface area (Å²) in [7, 11) is -3.55. The predicted octanol–water partition coefficient (Wildman–Crippen LogP) is 0.563. The number of aliphatic hydroxyl groups is 1. The van der Waals surface area contributed by atoms with Crippen molar-refractivity contribution in [1.82, 2.24) is 4.72 Å².